The van der Waals surface area contributed by atoms with E-state index in [9.17, 15) is 4.79 Å². The van der Waals surface area contributed by atoms with Gasteiger partial charge in [-0.25, -0.2) is 14.9 Å². The van der Waals surface area contributed by atoms with Gasteiger partial charge in [0.25, 0.3) is 5.95 Å². The maximum Gasteiger partial charge on any atom is 0.341 e. The lowest BCUT2D eigenvalue weighted by atomic mass is 10.2. The summed E-state index contributed by atoms with van der Waals surface area (Å²) in [4.78, 5) is 10.5. The van der Waals surface area contributed by atoms with E-state index in [1.807, 2.05) is 0 Å². The molecule has 9 nitrogen and oxygen atoms in total. The van der Waals surface area contributed by atoms with Gasteiger partial charge in [-0.05, 0) is 12.1 Å². The van der Waals surface area contributed by atoms with Crippen LogP contribution in [-0.2, 0) is 4.79 Å². The summed E-state index contributed by atoms with van der Waals surface area (Å²) in [6.45, 7) is -0.421. The van der Waals surface area contributed by atoms with Crippen molar-refractivity contribution in [2.45, 2.75) is 0 Å². The van der Waals surface area contributed by atoms with Gasteiger partial charge in [0.15, 0.2) is 6.61 Å². The summed E-state index contributed by atoms with van der Waals surface area (Å²) >= 11 is 0. The third-order valence-electron chi connectivity index (χ3n) is 2.21. The van der Waals surface area contributed by atoms with Crippen LogP contribution in [0.3, 0.4) is 0 Å². The highest BCUT2D eigenvalue weighted by Crippen LogP contribution is 2.15. The fraction of sp³-hybridized carbons (Fsp3) is 0.0909. The molecule has 11 heteroatoms. The van der Waals surface area contributed by atoms with Crippen molar-refractivity contribution >= 4 is 42.9 Å². The first-order chi connectivity index (χ1) is 9.66. The molecule has 4 N–H and O–H groups in total. The molecule has 1 heterocycles. The van der Waals surface area contributed by atoms with E-state index in [1.165, 1.54) is 17.2 Å². The van der Waals surface area contributed by atoms with Gasteiger partial charge in [-0.2, -0.15) is 5.10 Å². The van der Waals surface area contributed by atoms with Crippen molar-refractivity contribution < 1.29 is 14.6 Å². The van der Waals surface area contributed by atoms with Gasteiger partial charge in [-0.15, -0.1) is 35.0 Å². The van der Waals surface area contributed by atoms with E-state index in [4.69, 9.17) is 15.7 Å². The van der Waals surface area contributed by atoms with Crippen LogP contribution in [0.1, 0.15) is 5.56 Å². The number of rotatable bonds is 6. The van der Waals surface area contributed by atoms with E-state index in [1.54, 1.807) is 24.3 Å². The van der Waals surface area contributed by atoms with Crippen LogP contribution >= 0.6 is 24.8 Å². The Hall–Kier alpha value is -2.52. The SMILES string of the molecule is Cl.Cl.Nn1cnnc1NN=Cc1ccccc1OCC(=O)O. The number of hydrazone groups is 1. The lowest BCUT2D eigenvalue weighted by Crippen LogP contribution is -2.11. The minimum absolute atomic E-state index is 0. The molecule has 120 valence electrons. The Kier molecular flexibility index (Phi) is 8.34. The van der Waals surface area contributed by atoms with Crippen molar-refractivity contribution in [3.63, 3.8) is 0 Å². The number of para-hydroxylation sites is 1. The number of carboxylic acid groups (broad SMARTS) is 1. The van der Waals surface area contributed by atoms with Gasteiger partial charge in [0, 0.05) is 5.56 Å². The second-order valence-corrected chi connectivity index (χ2v) is 3.65. The maximum atomic E-state index is 10.5. The number of nitrogens with zero attached hydrogens (tertiary/aromatic N) is 4. The summed E-state index contributed by atoms with van der Waals surface area (Å²) in [5.74, 6) is 5.13. The van der Waals surface area contributed by atoms with Crippen molar-refractivity contribution in [1.82, 2.24) is 14.9 Å². The molecule has 1 aromatic carbocycles. The number of carbonyl (C=O) groups is 1. The standard InChI is InChI=1S/C11H12N6O3.2ClH/c12-17-7-14-16-11(17)15-13-5-8-3-1-2-4-9(8)20-6-10(18)19;;/h1-5,7H,6,12H2,(H,15,16)(H,18,19);2*1H. The zero-order chi connectivity index (χ0) is 14.4. The number of hydrogen-bond acceptors (Lipinski definition) is 7. The zero-order valence-corrected chi connectivity index (χ0v) is 12.8. The second kappa shape index (κ2) is 9.42. The smallest absolute Gasteiger partial charge is 0.341 e. The van der Waals surface area contributed by atoms with Gasteiger partial charge in [0.05, 0.1) is 6.21 Å². The molecule has 0 aliphatic rings. The van der Waals surface area contributed by atoms with Crippen LogP contribution in [0.5, 0.6) is 5.75 Å². The highest BCUT2D eigenvalue weighted by Gasteiger charge is 2.03. The van der Waals surface area contributed by atoms with E-state index in [2.05, 4.69) is 20.7 Å². The molecule has 0 fully saturated rings. The summed E-state index contributed by atoms with van der Waals surface area (Å²) < 4.78 is 6.30. The van der Waals surface area contributed by atoms with E-state index in [0.717, 1.165) is 0 Å². The van der Waals surface area contributed by atoms with E-state index < -0.39 is 12.6 Å². The summed E-state index contributed by atoms with van der Waals surface area (Å²) in [7, 11) is 0. The number of nitrogens with two attached hydrogens (primary N) is 1. The number of aromatic nitrogens is 3. The molecule has 0 bridgehead atoms. The van der Waals surface area contributed by atoms with Crippen molar-refractivity contribution in [3.05, 3.63) is 36.2 Å². The second-order valence-electron chi connectivity index (χ2n) is 3.65. The topological polar surface area (TPSA) is 128 Å². The quantitative estimate of drug-likeness (QED) is 0.399. The predicted octanol–water partition coefficient (Wildman–Crippen LogP) is 0.745. The van der Waals surface area contributed by atoms with Crippen LogP contribution in [-0.4, -0.2) is 38.8 Å². The zero-order valence-electron chi connectivity index (χ0n) is 11.1. The van der Waals surface area contributed by atoms with Crippen LogP contribution in [0.25, 0.3) is 0 Å². The Labute approximate surface area is 138 Å². The summed E-state index contributed by atoms with van der Waals surface area (Å²) in [5.41, 5.74) is 3.21. The number of nitrogens with one attached hydrogen (secondary N) is 1. The van der Waals surface area contributed by atoms with Crippen molar-refractivity contribution in [2.24, 2.45) is 5.10 Å². The molecule has 0 amide bonds. The number of carboxylic acids is 1. The average Bonchev–Trinajstić information content (AvgIpc) is 2.83. The first-order valence-corrected chi connectivity index (χ1v) is 5.54. The fourth-order valence-electron chi connectivity index (χ4n) is 1.34. The Bertz CT molecular complexity index is 634. The molecule has 0 radical (unpaired) electrons. The highest BCUT2D eigenvalue weighted by molar-refractivity contribution is 5.85. The van der Waals surface area contributed by atoms with Crippen molar-refractivity contribution in [2.75, 3.05) is 17.9 Å². The van der Waals surface area contributed by atoms with Crippen LogP contribution < -0.4 is 16.0 Å². The summed E-state index contributed by atoms with van der Waals surface area (Å²) in [6.07, 6.45) is 2.79. The summed E-state index contributed by atoms with van der Waals surface area (Å²) in [6, 6.07) is 6.89. The van der Waals surface area contributed by atoms with Crippen molar-refractivity contribution in [3.8, 4) is 5.75 Å². The largest absolute Gasteiger partial charge is 0.481 e. The van der Waals surface area contributed by atoms with Gasteiger partial charge in [-0.1, -0.05) is 12.1 Å². The third-order valence-corrected chi connectivity index (χ3v) is 2.21. The Morgan fingerprint density at radius 2 is 2.18 bits per heavy atom. The van der Waals surface area contributed by atoms with Gasteiger partial charge in [0.2, 0.25) is 0 Å². The van der Waals surface area contributed by atoms with Crippen molar-refractivity contribution in [1.29, 1.82) is 0 Å². The molecule has 0 unspecified atom stereocenters. The maximum absolute atomic E-state index is 10.5. The molecule has 0 saturated carbocycles. The first-order valence-electron chi connectivity index (χ1n) is 5.54. The minimum Gasteiger partial charge on any atom is -0.481 e. The molecular weight excluding hydrogens is 335 g/mol. The normalized spacial score (nSPS) is 9.64. The van der Waals surface area contributed by atoms with E-state index in [0.29, 0.717) is 11.3 Å². The van der Waals surface area contributed by atoms with E-state index in [-0.39, 0.29) is 30.8 Å². The molecule has 0 saturated heterocycles. The lowest BCUT2D eigenvalue weighted by molar-refractivity contribution is -0.139. The predicted molar refractivity (Wildman–Crippen MR) is 85.5 cm³/mol. The number of nitrogen functional groups attached to an aromatic ring is 1. The first kappa shape index (κ1) is 19.5. The molecule has 0 aliphatic heterocycles. The molecule has 1 aromatic heterocycles. The molecule has 0 spiro atoms. The van der Waals surface area contributed by atoms with Gasteiger partial charge < -0.3 is 15.7 Å². The molecular formula is C11H14Cl2N6O3. The van der Waals surface area contributed by atoms with Crippen LogP contribution in [0.4, 0.5) is 5.95 Å². The van der Waals surface area contributed by atoms with Crippen LogP contribution in [0.15, 0.2) is 35.7 Å². The molecule has 2 rings (SSSR count). The van der Waals surface area contributed by atoms with Gasteiger partial charge >= 0.3 is 5.97 Å². The number of aliphatic carboxylic acids is 1. The summed E-state index contributed by atoms with van der Waals surface area (Å²) in [5, 5.41) is 19.8. The molecule has 22 heavy (non-hydrogen) atoms. The Balaban J connectivity index is 0.00000220. The number of anilines is 1. The van der Waals surface area contributed by atoms with Crippen LogP contribution in [0.2, 0.25) is 0 Å². The molecule has 0 aliphatic carbocycles. The van der Waals surface area contributed by atoms with E-state index >= 15 is 0 Å². The third kappa shape index (κ3) is 5.46. The highest BCUT2D eigenvalue weighted by atomic mass is 35.5. The molecule has 0 atom stereocenters. The number of hydrogen-bond donors (Lipinski definition) is 3. The lowest BCUT2D eigenvalue weighted by Gasteiger charge is -2.06. The number of benzene rings is 1. The monoisotopic (exact) mass is 348 g/mol. The average molecular weight is 349 g/mol. The van der Waals surface area contributed by atoms with Crippen LogP contribution in [0, 0.1) is 0 Å². The number of halogens is 2. The van der Waals surface area contributed by atoms with Gasteiger partial charge in [-0.3, -0.25) is 0 Å². The minimum atomic E-state index is -1.05. The fourth-order valence-corrected chi connectivity index (χ4v) is 1.34. The Morgan fingerprint density at radius 3 is 2.82 bits per heavy atom. The van der Waals surface area contributed by atoms with Gasteiger partial charge in [0.1, 0.15) is 12.1 Å². The molecule has 2 aromatic rings. The number of ether oxygens (including phenoxy) is 1. The Morgan fingerprint density at radius 1 is 1.45 bits per heavy atom.